The van der Waals surface area contributed by atoms with Crippen LogP contribution in [-0.2, 0) is 10.0 Å². The van der Waals surface area contributed by atoms with E-state index in [-0.39, 0.29) is 15.0 Å². The number of thiazole rings is 1. The van der Waals surface area contributed by atoms with Gasteiger partial charge in [0.05, 0.1) is 12.1 Å². The van der Waals surface area contributed by atoms with Crippen LogP contribution in [0.3, 0.4) is 0 Å². The molecule has 0 fully saturated rings. The topological polar surface area (TPSA) is 76.3 Å². The van der Waals surface area contributed by atoms with Gasteiger partial charge in [0.1, 0.15) is 0 Å². The largest absolute Gasteiger partial charge is 0.390 e. The summed E-state index contributed by atoms with van der Waals surface area (Å²) in [6.45, 7) is 0.806. The molecule has 0 aliphatic heterocycles. The minimum absolute atomic E-state index is 0.0651. The molecule has 1 aromatic heterocycles. The van der Waals surface area contributed by atoms with Crippen molar-refractivity contribution in [3.05, 3.63) is 5.69 Å². The molecular weight excluding hydrogens is 291 g/mol. The average molecular weight is 303 g/mol. The smallest absolute Gasteiger partial charge is 0.375 e. The zero-order valence-electron chi connectivity index (χ0n) is 9.65. The summed E-state index contributed by atoms with van der Waals surface area (Å²) >= 11 is 0.739. The van der Waals surface area contributed by atoms with Gasteiger partial charge in [0.15, 0.2) is 9.34 Å². The first-order chi connectivity index (χ1) is 8.04. The Balaban J connectivity index is 2.90. The van der Waals surface area contributed by atoms with Crippen LogP contribution in [0.15, 0.2) is 4.21 Å². The second-order valence-electron chi connectivity index (χ2n) is 3.62. The first kappa shape index (κ1) is 15.2. The maximum Gasteiger partial charge on any atom is 0.390 e. The molecule has 1 aromatic rings. The van der Waals surface area contributed by atoms with Gasteiger partial charge >= 0.3 is 6.18 Å². The minimum Gasteiger partial charge on any atom is -0.375 e. The molecule has 104 valence electrons. The Morgan fingerprint density at radius 3 is 2.39 bits per heavy atom. The second-order valence-corrected chi connectivity index (χ2v) is 6.89. The molecule has 0 unspecified atom stereocenters. The molecule has 5 nitrogen and oxygen atoms in total. The molecule has 0 aliphatic rings. The summed E-state index contributed by atoms with van der Waals surface area (Å²) in [6.07, 6.45) is -5.60. The van der Waals surface area contributed by atoms with Gasteiger partial charge in [0.2, 0.25) is 0 Å². The standard InChI is InChI=1S/C8H12F3N3O2S2/c1-5-6(17-7(12)13-5)18(15,16)14(2)4-3-8(9,10)11/h3-4H2,1-2H3,(H2,12,13). The fraction of sp³-hybridized carbons (Fsp3) is 0.625. The van der Waals surface area contributed by atoms with E-state index in [2.05, 4.69) is 4.98 Å². The third-order valence-corrected chi connectivity index (χ3v) is 5.56. The van der Waals surface area contributed by atoms with Crippen LogP contribution in [0.25, 0.3) is 0 Å². The monoisotopic (exact) mass is 303 g/mol. The average Bonchev–Trinajstić information content (AvgIpc) is 2.53. The van der Waals surface area contributed by atoms with Crippen molar-refractivity contribution < 1.29 is 21.6 Å². The third-order valence-electron chi connectivity index (χ3n) is 2.13. The Labute approximate surface area is 106 Å². The maximum atomic E-state index is 12.0. The summed E-state index contributed by atoms with van der Waals surface area (Å²) in [4.78, 5) is 3.74. The normalized spacial score (nSPS) is 13.2. The SMILES string of the molecule is Cc1nc(N)sc1S(=O)(=O)N(C)CCC(F)(F)F. The highest BCUT2D eigenvalue weighted by Gasteiger charge is 2.32. The number of halogens is 3. The van der Waals surface area contributed by atoms with E-state index in [9.17, 15) is 21.6 Å². The van der Waals surface area contributed by atoms with Crippen LogP contribution in [0.2, 0.25) is 0 Å². The first-order valence-electron chi connectivity index (χ1n) is 4.80. The van der Waals surface area contributed by atoms with Crippen LogP contribution < -0.4 is 5.73 Å². The predicted molar refractivity (Wildman–Crippen MR) is 61.8 cm³/mol. The van der Waals surface area contributed by atoms with Crippen molar-refractivity contribution in [2.75, 3.05) is 19.3 Å². The van der Waals surface area contributed by atoms with E-state index in [1.165, 1.54) is 6.92 Å². The fourth-order valence-electron chi connectivity index (χ4n) is 1.19. The van der Waals surface area contributed by atoms with E-state index >= 15 is 0 Å². The van der Waals surface area contributed by atoms with Crippen LogP contribution in [-0.4, -0.2) is 37.5 Å². The predicted octanol–water partition coefficient (Wildman–Crippen LogP) is 1.61. The number of hydrogen-bond acceptors (Lipinski definition) is 5. The van der Waals surface area contributed by atoms with E-state index in [1.807, 2.05) is 0 Å². The van der Waals surface area contributed by atoms with Gasteiger partial charge in [-0.25, -0.2) is 13.4 Å². The van der Waals surface area contributed by atoms with Gasteiger partial charge in [0, 0.05) is 13.6 Å². The number of nitrogens with two attached hydrogens (primary N) is 1. The van der Waals surface area contributed by atoms with Crippen molar-refractivity contribution in [2.24, 2.45) is 0 Å². The molecule has 0 amide bonds. The maximum absolute atomic E-state index is 12.0. The molecule has 0 saturated heterocycles. The molecule has 0 spiro atoms. The lowest BCUT2D eigenvalue weighted by molar-refractivity contribution is -0.135. The molecule has 0 saturated carbocycles. The quantitative estimate of drug-likeness (QED) is 0.916. The molecule has 1 heterocycles. The fourth-order valence-corrected chi connectivity index (χ4v) is 3.85. The molecule has 2 N–H and O–H groups in total. The van der Waals surface area contributed by atoms with Crippen molar-refractivity contribution in [1.82, 2.24) is 9.29 Å². The summed E-state index contributed by atoms with van der Waals surface area (Å²) in [6, 6.07) is 0. The van der Waals surface area contributed by atoms with Crippen molar-refractivity contribution >= 4 is 26.5 Å². The molecule has 0 bridgehead atoms. The van der Waals surface area contributed by atoms with Gasteiger partial charge in [-0.15, -0.1) is 0 Å². The van der Waals surface area contributed by atoms with Gasteiger partial charge < -0.3 is 5.73 Å². The number of aromatic nitrogens is 1. The van der Waals surface area contributed by atoms with E-state index in [4.69, 9.17) is 5.73 Å². The number of sulfonamides is 1. The highest BCUT2D eigenvalue weighted by Crippen LogP contribution is 2.28. The molecule has 0 radical (unpaired) electrons. The molecule has 18 heavy (non-hydrogen) atoms. The Morgan fingerprint density at radius 2 is 2.00 bits per heavy atom. The number of nitrogen functional groups attached to an aromatic ring is 1. The number of anilines is 1. The lowest BCUT2D eigenvalue weighted by Gasteiger charge is -2.17. The van der Waals surface area contributed by atoms with Gasteiger partial charge in [-0.3, -0.25) is 0 Å². The molecule has 1 rings (SSSR count). The molecule has 10 heteroatoms. The summed E-state index contributed by atoms with van der Waals surface area (Å²) in [5, 5.41) is 0.0651. The number of alkyl halides is 3. The van der Waals surface area contributed by atoms with Crippen LogP contribution in [0.4, 0.5) is 18.3 Å². The number of rotatable bonds is 4. The molecule has 0 atom stereocenters. The molecule has 0 aromatic carbocycles. The third kappa shape index (κ3) is 3.56. The van der Waals surface area contributed by atoms with Gasteiger partial charge in [-0.1, -0.05) is 11.3 Å². The Bertz CT molecular complexity index is 524. The Kier molecular flexibility index (Phi) is 4.23. The highest BCUT2D eigenvalue weighted by molar-refractivity contribution is 7.91. The zero-order valence-corrected chi connectivity index (χ0v) is 11.3. The first-order valence-corrected chi connectivity index (χ1v) is 7.05. The van der Waals surface area contributed by atoms with E-state index in [1.54, 1.807) is 0 Å². The summed E-state index contributed by atoms with van der Waals surface area (Å²) in [5.74, 6) is 0. The van der Waals surface area contributed by atoms with Gasteiger partial charge in [0.25, 0.3) is 10.0 Å². The number of aryl methyl sites for hydroxylation is 1. The summed E-state index contributed by atoms with van der Waals surface area (Å²) in [5.41, 5.74) is 5.55. The lowest BCUT2D eigenvalue weighted by atomic mass is 10.4. The van der Waals surface area contributed by atoms with Crippen molar-refractivity contribution in [1.29, 1.82) is 0 Å². The van der Waals surface area contributed by atoms with Crippen LogP contribution >= 0.6 is 11.3 Å². The number of hydrogen-bond donors (Lipinski definition) is 1. The highest BCUT2D eigenvalue weighted by atomic mass is 32.2. The van der Waals surface area contributed by atoms with E-state index in [0.717, 1.165) is 18.4 Å². The summed E-state index contributed by atoms with van der Waals surface area (Å²) < 4.78 is 60.6. The minimum atomic E-state index is -4.40. The van der Waals surface area contributed by atoms with Crippen molar-refractivity contribution in [2.45, 2.75) is 23.7 Å². The Hall–Kier alpha value is -0.870. The Morgan fingerprint density at radius 1 is 1.44 bits per heavy atom. The van der Waals surface area contributed by atoms with E-state index in [0.29, 0.717) is 4.31 Å². The van der Waals surface area contributed by atoms with Crippen molar-refractivity contribution in [3.8, 4) is 0 Å². The van der Waals surface area contributed by atoms with Crippen LogP contribution in [0.1, 0.15) is 12.1 Å². The van der Waals surface area contributed by atoms with Crippen molar-refractivity contribution in [3.63, 3.8) is 0 Å². The van der Waals surface area contributed by atoms with Gasteiger partial charge in [-0.05, 0) is 6.92 Å². The lowest BCUT2D eigenvalue weighted by Crippen LogP contribution is -2.30. The van der Waals surface area contributed by atoms with Crippen LogP contribution in [0, 0.1) is 6.92 Å². The van der Waals surface area contributed by atoms with Gasteiger partial charge in [-0.2, -0.15) is 17.5 Å². The number of nitrogens with zero attached hydrogens (tertiary/aromatic N) is 2. The molecule has 0 aliphatic carbocycles. The molecular formula is C8H12F3N3O2S2. The summed E-state index contributed by atoms with van der Waals surface area (Å²) in [7, 11) is -2.87. The van der Waals surface area contributed by atoms with Crippen LogP contribution in [0.5, 0.6) is 0 Å². The van der Waals surface area contributed by atoms with E-state index < -0.39 is 29.2 Å². The zero-order chi connectivity index (χ0) is 14.1. The second kappa shape index (κ2) is 5.02.